The molecule has 2 aliphatic carbocycles. The number of Topliss-reactive ketones (excluding diaryl/α,β-unsaturated/α-hetero) is 1. The normalized spacial score (nSPS) is 19.4. The Kier molecular flexibility index (Phi) is 7.54. The lowest BCUT2D eigenvalue weighted by molar-refractivity contribution is -0.120. The van der Waals surface area contributed by atoms with E-state index < -0.39 is 0 Å². The number of carbonyl (C=O) groups is 1. The molecule has 1 heteroatoms. The van der Waals surface area contributed by atoms with E-state index in [0.717, 1.165) is 12.8 Å². The maximum atomic E-state index is 13.7. The number of hydrogen-bond donors (Lipinski definition) is 0. The smallest absolute Gasteiger partial charge is 0.134 e. The van der Waals surface area contributed by atoms with Crippen LogP contribution in [0.4, 0.5) is 0 Å². The first kappa shape index (κ1) is 23.3. The number of hydrogen-bond acceptors (Lipinski definition) is 1. The molecule has 2 saturated carbocycles. The van der Waals surface area contributed by atoms with E-state index in [1.807, 2.05) is 0 Å². The quantitative estimate of drug-likeness (QED) is 0.410. The van der Waals surface area contributed by atoms with Gasteiger partial charge in [0.15, 0.2) is 0 Å². The molecule has 4 rings (SSSR count). The summed E-state index contributed by atoms with van der Waals surface area (Å²) in [6.45, 7) is 8.94. The fourth-order valence-corrected chi connectivity index (χ4v) is 6.71. The molecular weight excluding hydrogens is 388 g/mol. The second-order valence-corrected chi connectivity index (χ2v) is 10.8. The number of carbonyl (C=O) groups excluding carboxylic acids is 1. The number of benzene rings is 2. The second-order valence-electron chi connectivity index (χ2n) is 10.8. The Bertz CT molecular complexity index is 852. The van der Waals surface area contributed by atoms with Crippen molar-refractivity contribution in [2.75, 3.05) is 0 Å². The number of aryl methyl sites for hydroxylation is 2. The first-order chi connectivity index (χ1) is 15.5. The Balaban J connectivity index is 1.59. The predicted octanol–water partition coefficient (Wildman–Crippen LogP) is 8.52. The van der Waals surface area contributed by atoms with E-state index in [2.05, 4.69) is 64.1 Å². The molecule has 2 aliphatic rings. The molecule has 2 aromatic carbocycles. The molecule has 0 amide bonds. The van der Waals surface area contributed by atoms with E-state index in [9.17, 15) is 4.79 Å². The zero-order valence-electron chi connectivity index (χ0n) is 20.8. The van der Waals surface area contributed by atoms with Gasteiger partial charge >= 0.3 is 0 Å². The van der Waals surface area contributed by atoms with E-state index in [-0.39, 0.29) is 0 Å². The van der Waals surface area contributed by atoms with E-state index in [4.69, 9.17) is 0 Å². The molecule has 0 heterocycles. The third kappa shape index (κ3) is 5.03. The third-order valence-corrected chi connectivity index (χ3v) is 8.92. The fraction of sp³-hybridized carbons (Fsp3) is 0.581. The lowest BCUT2D eigenvalue weighted by atomic mass is 9.75. The highest BCUT2D eigenvalue weighted by atomic mass is 16.1. The van der Waals surface area contributed by atoms with Gasteiger partial charge in [0.05, 0.1) is 0 Å². The minimum atomic E-state index is 0.396. The monoisotopic (exact) mass is 430 g/mol. The summed E-state index contributed by atoms with van der Waals surface area (Å²) in [5.41, 5.74) is 8.40. The van der Waals surface area contributed by atoms with Crippen molar-refractivity contribution in [3.05, 3.63) is 69.8 Å². The van der Waals surface area contributed by atoms with Crippen LogP contribution in [0.25, 0.3) is 0 Å². The van der Waals surface area contributed by atoms with Crippen LogP contribution < -0.4 is 0 Å². The van der Waals surface area contributed by atoms with E-state index in [0.29, 0.717) is 29.5 Å². The molecule has 172 valence electrons. The first-order valence-corrected chi connectivity index (χ1v) is 13.1. The van der Waals surface area contributed by atoms with Crippen molar-refractivity contribution < 1.29 is 4.79 Å². The Hall–Kier alpha value is -1.89. The zero-order valence-corrected chi connectivity index (χ0v) is 20.8. The summed E-state index contributed by atoms with van der Waals surface area (Å²) in [5.74, 6) is 2.62. The molecule has 1 nitrogen and oxygen atoms in total. The van der Waals surface area contributed by atoms with Gasteiger partial charge in [0.2, 0.25) is 0 Å². The molecule has 2 fully saturated rings. The van der Waals surface area contributed by atoms with Crippen LogP contribution in [-0.4, -0.2) is 5.78 Å². The van der Waals surface area contributed by atoms with Crippen LogP contribution >= 0.6 is 0 Å². The van der Waals surface area contributed by atoms with Gasteiger partial charge in [0.25, 0.3) is 0 Å². The van der Waals surface area contributed by atoms with E-state index in [1.54, 1.807) is 0 Å². The number of ketones is 1. The lowest BCUT2D eigenvalue weighted by Gasteiger charge is -2.29. The second kappa shape index (κ2) is 10.4. The summed E-state index contributed by atoms with van der Waals surface area (Å²) in [6.07, 6.45) is 11.9. The highest BCUT2D eigenvalue weighted by Crippen LogP contribution is 2.44. The average Bonchev–Trinajstić information content (AvgIpc) is 3.49. The molecule has 0 N–H and O–H groups in total. The number of rotatable bonds is 8. The van der Waals surface area contributed by atoms with Crippen LogP contribution in [-0.2, 0) is 4.79 Å². The maximum Gasteiger partial charge on any atom is 0.134 e. The van der Waals surface area contributed by atoms with Crippen molar-refractivity contribution in [2.24, 2.45) is 11.8 Å². The fourth-order valence-electron chi connectivity index (χ4n) is 6.71. The Morgan fingerprint density at radius 1 is 0.688 bits per heavy atom. The van der Waals surface area contributed by atoms with E-state index >= 15 is 0 Å². The van der Waals surface area contributed by atoms with Gasteiger partial charge < -0.3 is 0 Å². The average molecular weight is 431 g/mol. The van der Waals surface area contributed by atoms with Crippen LogP contribution in [0.1, 0.15) is 109 Å². The molecule has 0 unspecified atom stereocenters. The molecule has 0 bridgehead atoms. The van der Waals surface area contributed by atoms with Crippen molar-refractivity contribution in [3.63, 3.8) is 0 Å². The predicted molar refractivity (Wildman–Crippen MR) is 135 cm³/mol. The van der Waals surface area contributed by atoms with Gasteiger partial charge in [-0.2, -0.15) is 0 Å². The van der Waals surface area contributed by atoms with Crippen LogP contribution in [0.2, 0.25) is 0 Å². The third-order valence-electron chi connectivity index (χ3n) is 8.92. The minimum Gasteiger partial charge on any atom is -0.300 e. The first-order valence-electron chi connectivity index (χ1n) is 13.1. The maximum absolute atomic E-state index is 13.7. The SMILES string of the molecule is Cc1cccc([C@H](CC(=O)C[C@@H](c2cccc(C)c2C)C2CCCC2)C2CCCC2)c1C. The summed E-state index contributed by atoms with van der Waals surface area (Å²) in [4.78, 5) is 13.7. The molecule has 0 aliphatic heterocycles. The van der Waals surface area contributed by atoms with Crippen molar-refractivity contribution >= 4 is 5.78 Å². The van der Waals surface area contributed by atoms with Crippen LogP contribution in [0.15, 0.2) is 36.4 Å². The molecule has 0 spiro atoms. The molecule has 0 saturated heterocycles. The van der Waals surface area contributed by atoms with Crippen LogP contribution in [0.5, 0.6) is 0 Å². The van der Waals surface area contributed by atoms with Gasteiger partial charge in [-0.05, 0) is 110 Å². The van der Waals surface area contributed by atoms with Crippen molar-refractivity contribution in [1.29, 1.82) is 0 Å². The summed E-state index contributed by atoms with van der Waals surface area (Å²) < 4.78 is 0. The van der Waals surface area contributed by atoms with Gasteiger partial charge in [0, 0.05) is 12.8 Å². The highest BCUT2D eigenvalue weighted by Gasteiger charge is 2.33. The van der Waals surface area contributed by atoms with Gasteiger partial charge in [-0.25, -0.2) is 0 Å². The van der Waals surface area contributed by atoms with Crippen LogP contribution in [0.3, 0.4) is 0 Å². The molecular formula is C31H42O. The van der Waals surface area contributed by atoms with Gasteiger partial charge in [-0.1, -0.05) is 62.1 Å². The van der Waals surface area contributed by atoms with Crippen molar-refractivity contribution in [2.45, 2.75) is 104 Å². The van der Waals surface area contributed by atoms with Crippen molar-refractivity contribution in [1.82, 2.24) is 0 Å². The molecule has 0 radical (unpaired) electrons. The molecule has 32 heavy (non-hydrogen) atoms. The van der Waals surface area contributed by atoms with Crippen molar-refractivity contribution in [3.8, 4) is 0 Å². The largest absolute Gasteiger partial charge is 0.300 e. The molecule has 2 aromatic rings. The van der Waals surface area contributed by atoms with Gasteiger partial charge in [-0.15, -0.1) is 0 Å². The Labute approximate surface area is 196 Å². The topological polar surface area (TPSA) is 17.1 Å². The van der Waals surface area contributed by atoms with Gasteiger partial charge in [0.1, 0.15) is 5.78 Å². The molecule has 0 aromatic heterocycles. The Morgan fingerprint density at radius 2 is 1.06 bits per heavy atom. The summed E-state index contributed by atoms with van der Waals surface area (Å²) >= 11 is 0. The van der Waals surface area contributed by atoms with Crippen LogP contribution in [0, 0.1) is 39.5 Å². The summed E-state index contributed by atoms with van der Waals surface area (Å²) in [7, 11) is 0. The summed E-state index contributed by atoms with van der Waals surface area (Å²) in [6, 6.07) is 13.4. The summed E-state index contributed by atoms with van der Waals surface area (Å²) in [5, 5.41) is 0. The zero-order chi connectivity index (χ0) is 22.7. The Morgan fingerprint density at radius 3 is 1.44 bits per heavy atom. The lowest BCUT2D eigenvalue weighted by Crippen LogP contribution is -2.20. The molecule has 2 atom stereocenters. The van der Waals surface area contributed by atoms with Gasteiger partial charge in [-0.3, -0.25) is 4.79 Å². The minimum absolute atomic E-state index is 0.396. The highest BCUT2D eigenvalue weighted by molar-refractivity contribution is 5.80. The standard InChI is InChI=1S/C31H42O/c1-21-11-9-17-28(23(21)3)30(25-13-5-6-14-25)19-27(32)20-31(26-15-7-8-16-26)29-18-10-12-22(2)24(29)4/h9-12,17-18,25-26,30-31H,5-8,13-16,19-20H2,1-4H3/t30-,31-/m1/s1. The van der Waals surface area contributed by atoms with E-state index in [1.165, 1.54) is 84.7 Å².